The van der Waals surface area contributed by atoms with Crippen molar-refractivity contribution in [3.05, 3.63) is 35.4 Å². The fourth-order valence-electron chi connectivity index (χ4n) is 4.03. The van der Waals surface area contributed by atoms with Gasteiger partial charge in [-0.1, -0.05) is 38.1 Å². The van der Waals surface area contributed by atoms with Crippen molar-refractivity contribution in [3.63, 3.8) is 0 Å². The quantitative estimate of drug-likeness (QED) is 0.365. The number of piperidine rings is 1. The third-order valence-corrected chi connectivity index (χ3v) is 5.27. The number of nitrogens with one attached hydrogen (secondary N) is 2. The van der Waals surface area contributed by atoms with Gasteiger partial charge >= 0.3 is 0 Å². The normalized spacial score (nSPS) is 20.9. The van der Waals surface area contributed by atoms with Crippen molar-refractivity contribution in [1.82, 2.24) is 15.5 Å². The Labute approximate surface area is 171 Å². The van der Waals surface area contributed by atoms with Crippen LogP contribution in [0.15, 0.2) is 29.3 Å². The Hall–Kier alpha value is -1.59. The van der Waals surface area contributed by atoms with Crippen LogP contribution in [-0.4, -0.2) is 50.8 Å². The zero-order valence-corrected chi connectivity index (χ0v) is 18.3. The lowest BCUT2D eigenvalue weighted by atomic mass is 9.91. The fourth-order valence-corrected chi connectivity index (χ4v) is 4.03. The Morgan fingerprint density at radius 2 is 1.75 bits per heavy atom. The predicted octanol–water partition coefficient (Wildman–Crippen LogP) is 3.65. The maximum Gasteiger partial charge on any atom is 0.191 e. The third kappa shape index (κ3) is 8.61. The van der Waals surface area contributed by atoms with E-state index < -0.39 is 0 Å². The molecule has 5 nitrogen and oxygen atoms in total. The highest BCUT2D eigenvalue weighted by Gasteiger charge is 2.21. The number of ether oxygens (including phenoxy) is 1. The molecule has 0 bridgehead atoms. The second-order valence-electron chi connectivity index (χ2n) is 8.21. The van der Waals surface area contributed by atoms with Gasteiger partial charge in [-0.2, -0.15) is 0 Å². The Balaban J connectivity index is 1.69. The summed E-state index contributed by atoms with van der Waals surface area (Å²) in [5.41, 5.74) is 2.69. The SMILES string of the molecule is CCOCCCCNC(=NC)NCc1ccc(CN2CC(C)CC(C)C2)cc1. The van der Waals surface area contributed by atoms with Gasteiger partial charge in [-0.3, -0.25) is 9.89 Å². The lowest BCUT2D eigenvalue weighted by molar-refractivity contribution is 0.134. The summed E-state index contributed by atoms with van der Waals surface area (Å²) >= 11 is 0. The van der Waals surface area contributed by atoms with Crippen LogP contribution in [0.1, 0.15) is 51.2 Å². The number of hydrogen-bond donors (Lipinski definition) is 2. The molecule has 0 saturated carbocycles. The molecule has 28 heavy (non-hydrogen) atoms. The summed E-state index contributed by atoms with van der Waals surface area (Å²) in [6.07, 6.45) is 3.53. The van der Waals surface area contributed by atoms with Gasteiger partial charge in [-0.15, -0.1) is 0 Å². The van der Waals surface area contributed by atoms with E-state index in [1.54, 1.807) is 0 Å². The van der Waals surface area contributed by atoms with E-state index in [1.165, 1.54) is 30.6 Å². The highest BCUT2D eigenvalue weighted by atomic mass is 16.5. The molecule has 1 aliphatic rings. The molecule has 0 aliphatic carbocycles. The number of guanidine groups is 1. The highest BCUT2D eigenvalue weighted by molar-refractivity contribution is 5.79. The number of hydrogen-bond acceptors (Lipinski definition) is 3. The Morgan fingerprint density at radius 3 is 2.39 bits per heavy atom. The average molecular weight is 389 g/mol. The van der Waals surface area contributed by atoms with Crippen molar-refractivity contribution in [2.45, 2.75) is 53.1 Å². The summed E-state index contributed by atoms with van der Waals surface area (Å²) in [7, 11) is 1.82. The summed E-state index contributed by atoms with van der Waals surface area (Å²) in [5, 5.41) is 6.76. The maximum absolute atomic E-state index is 5.36. The second-order valence-corrected chi connectivity index (χ2v) is 8.21. The van der Waals surface area contributed by atoms with E-state index in [9.17, 15) is 0 Å². The third-order valence-electron chi connectivity index (χ3n) is 5.27. The number of rotatable bonds is 10. The van der Waals surface area contributed by atoms with Crippen LogP contribution in [0.4, 0.5) is 0 Å². The van der Waals surface area contributed by atoms with Crippen molar-refractivity contribution in [1.29, 1.82) is 0 Å². The van der Waals surface area contributed by atoms with Crippen molar-refractivity contribution < 1.29 is 4.74 Å². The summed E-state index contributed by atoms with van der Waals surface area (Å²) in [6, 6.07) is 9.00. The molecule has 5 heteroatoms. The zero-order valence-electron chi connectivity index (χ0n) is 18.3. The molecule has 2 unspecified atom stereocenters. The molecule has 1 heterocycles. The van der Waals surface area contributed by atoms with Crippen LogP contribution in [0.5, 0.6) is 0 Å². The topological polar surface area (TPSA) is 48.9 Å². The first-order chi connectivity index (χ1) is 13.6. The van der Waals surface area contributed by atoms with E-state index in [4.69, 9.17) is 4.74 Å². The van der Waals surface area contributed by atoms with Crippen LogP contribution >= 0.6 is 0 Å². The van der Waals surface area contributed by atoms with E-state index in [-0.39, 0.29) is 0 Å². The maximum atomic E-state index is 5.36. The molecule has 0 amide bonds. The molecular formula is C23H40N4O. The van der Waals surface area contributed by atoms with E-state index in [2.05, 4.69) is 58.6 Å². The van der Waals surface area contributed by atoms with Gasteiger partial charge < -0.3 is 15.4 Å². The summed E-state index contributed by atoms with van der Waals surface area (Å²) in [5.74, 6) is 2.48. The van der Waals surface area contributed by atoms with E-state index in [0.717, 1.165) is 63.5 Å². The molecule has 0 spiro atoms. The van der Waals surface area contributed by atoms with Crippen molar-refractivity contribution in [2.24, 2.45) is 16.8 Å². The lowest BCUT2D eigenvalue weighted by Crippen LogP contribution is -2.38. The van der Waals surface area contributed by atoms with Gasteiger partial charge in [0.15, 0.2) is 5.96 Å². The average Bonchev–Trinajstić information content (AvgIpc) is 2.67. The summed E-state index contributed by atoms with van der Waals surface area (Å²) in [6.45, 7) is 13.6. The number of benzene rings is 1. The molecule has 2 N–H and O–H groups in total. The van der Waals surface area contributed by atoms with Gasteiger partial charge in [0, 0.05) is 53.0 Å². The van der Waals surface area contributed by atoms with Crippen LogP contribution in [-0.2, 0) is 17.8 Å². The molecular weight excluding hydrogens is 348 g/mol. The molecule has 158 valence electrons. The van der Waals surface area contributed by atoms with Crippen molar-refractivity contribution in [2.75, 3.05) is 39.9 Å². The number of aliphatic imine (C=N–C) groups is 1. The van der Waals surface area contributed by atoms with Gasteiger partial charge in [0.2, 0.25) is 0 Å². The summed E-state index contributed by atoms with van der Waals surface area (Å²) in [4.78, 5) is 6.90. The van der Waals surface area contributed by atoms with Gasteiger partial charge in [0.25, 0.3) is 0 Å². The van der Waals surface area contributed by atoms with Crippen LogP contribution in [0, 0.1) is 11.8 Å². The molecule has 1 aliphatic heterocycles. The fraction of sp³-hybridized carbons (Fsp3) is 0.696. The van der Waals surface area contributed by atoms with Crippen LogP contribution in [0.3, 0.4) is 0 Å². The molecule has 0 aromatic heterocycles. The molecule has 2 atom stereocenters. The number of unbranched alkanes of at least 4 members (excludes halogenated alkanes) is 1. The highest BCUT2D eigenvalue weighted by Crippen LogP contribution is 2.22. The van der Waals surface area contributed by atoms with Gasteiger partial charge in [-0.05, 0) is 49.1 Å². The van der Waals surface area contributed by atoms with Crippen molar-refractivity contribution in [3.8, 4) is 0 Å². The number of nitrogens with zero attached hydrogens (tertiary/aromatic N) is 2. The Bertz CT molecular complexity index is 562. The van der Waals surface area contributed by atoms with Crippen molar-refractivity contribution >= 4 is 5.96 Å². The first kappa shape index (κ1) is 22.7. The van der Waals surface area contributed by atoms with Crippen LogP contribution in [0.2, 0.25) is 0 Å². The van der Waals surface area contributed by atoms with Gasteiger partial charge in [-0.25, -0.2) is 0 Å². The summed E-state index contributed by atoms with van der Waals surface area (Å²) < 4.78 is 5.36. The molecule has 1 fully saturated rings. The van der Waals surface area contributed by atoms with Crippen LogP contribution < -0.4 is 10.6 Å². The monoisotopic (exact) mass is 388 g/mol. The molecule has 1 aromatic rings. The largest absolute Gasteiger partial charge is 0.382 e. The molecule has 1 aromatic carbocycles. The minimum atomic E-state index is 0.788. The standard InChI is InChI=1S/C23H40N4O/c1-5-28-13-7-6-12-25-23(24-4)26-15-21-8-10-22(11-9-21)18-27-16-19(2)14-20(3)17-27/h8-11,19-20H,5-7,12-18H2,1-4H3,(H2,24,25,26). The molecule has 2 rings (SSSR count). The Kier molecular flexibility index (Phi) is 10.4. The van der Waals surface area contributed by atoms with Crippen LogP contribution in [0.25, 0.3) is 0 Å². The molecule has 0 radical (unpaired) electrons. The second kappa shape index (κ2) is 12.8. The Morgan fingerprint density at radius 1 is 1.07 bits per heavy atom. The van der Waals surface area contributed by atoms with E-state index in [0.29, 0.717) is 0 Å². The smallest absolute Gasteiger partial charge is 0.191 e. The van der Waals surface area contributed by atoms with Gasteiger partial charge in [0.1, 0.15) is 0 Å². The molecule has 1 saturated heterocycles. The first-order valence-electron chi connectivity index (χ1n) is 10.9. The number of likely N-dealkylation sites (tertiary alicyclic amines) is 1. The van der Waals surface area contributed by atoms with E-state index in [1.807, 2.05) is 14.0 Å². The minimum absolute atomic E-state index is 0.788. The lowest BCUT2D eigenvalue weighted by Gasteiger charge is -2.35. The minimum Gasteiger partial charge on any atom is -0.382 e. The predicted molar refractivity (Wildman–Crippen MR) is 119 cm³/mol. The zero-order chi connectivity index (χ0) is 20.2. The van der Waals surface area contributed by atoms with E-state index >= 15 is 0 Å². The first-order valence-corrected chi connectivity index (χ1v) is 10.9. The van der Waals surface area contributed by atoms with Gasteiger partial charge in [0.05, 0.1) is 0 Å².